The zero-order valence-electron chi connectivity index (χ0n) is 15.5. The molecule has 0 fully saturated rings. The van der Waals surface area contributed by atoms with Crippen LogP contribution in [0.4, 0.5) is 0 Å². The van der Waals surface area contributed by atoms with Gasteiger partial charge in [-0.3, -0.25) is 4.72 Å². The molecule has 1 N–H and O–H groups in total. The maximum absolute atomic E-state index is 10.4. The Morgan fingerprint density at radius 2 is 1.36 bits per heavy atom. The van der Waals surface area contributed by atoms with Crippen molar-refractivity contribution in [2.75, 3.05) is 6.61 Å². The van der Waals surface area contributed by atoms with E-state index >= 15 is 0 Å². The molecule has 2 aliphatic rings. The van der Waals surface area contributed by atoms with E-state index in [2.05, 4.69) is 4.72 Å². The first-order chi connectivity index (χ1) is 10.7. The molecule has 0 atom stereocenters. The van der Waals surface area contributed by atoms with Crippen molar-refractivity contribution in [1.82, 2.24) is 4.72 Å². The molecule has 0 bridgehead atoms. The monoisotopic (exact) mass is 333 g/mol. The van der Waals surface area contributed by atoms with Gasteiger partial charge in [0.15, 0.2) is 0 Å². The zero-order chi connectivity index (χ0) is 18.3. The largest absolute Gasteiger partial charge is 0.497 e. The van der Waals surface area contributed by atoms with Gasteiger partial charge in [-0.2, -0.15) is 0 Å². The third-order valence-corrected chi connectivity index (χ3v) is 2.29. The van der Waals surface area contributed by atoms with Gasteiger partial charge in [0.25, 0.3) is 10.0 Å². The van der Waals surface area contributed by atoms with Crippen LogP contribution in [0.3, 0.4) is 0 Å². The quantitative estimate of drug-likeness (QED) is 0.668. The first kappa shape index (κ1) is 28.6. The lowest BCUT2D eigenvalue weighted by Gasteiger charge is -1.98. The molecule has 0 unspecified atom stereocenters. The zero-order valence-corrected chi connectivity index (χ0v) is 16.3. The highest BCUT2D eigenvalue weighted by atomic mass is 32.2. The molecule has 22 heavy (non-hydrogen) atoms. The molecule has 132 valence electrons. The summed E-state index contributed by atoms with van der Waals surface area (Å²) < 4.78 is 27.8. The third-order valence-electron chi connectivity index (χ3n) is 1.31. The summed E-state index contributed by atoms with van der Waals surface area (Å²) in [7, 11) is -3.10. The van der Waals surface area contributed by atoms with E-state index in [1.165, 1.54) is 12.3 Å². The van der Waals surface area contributed by atoms with Gasteiger partial charge in [-0.15, -0.1) is 0 Å². The number of nitrogens with one attached hydrogen (secondary N) is 1. The summed E-state index contributed by atoms with van der Waals surface area (Å²) in [5, 5.41) is 1.10. The fourth-order valence-electron chi connectivity index (χ4n) is 0.724. The molecule has 2 heterocycles. The van der Waals surface area contributed by atoms with E-state index in [4.69, 9.17) is 4.74 Å². The minimum atomic E-state index is -3.10. The lowest BCUT2D eigenvalue weighted by atomic mass is 10.5. The van der Waals surface area contributed by atoms with E-state index in [1.807, 2.05) is 73.6 Å². The summed E-state index contributed by atoms with van der Waals surface area (Å²) in [6, 6.07) is 0. The third kappa shape index (κ3) is 27.0. The van der Waals surface area contributed by atoms with Crippen LogP contribution in [-0.2, 0) is 14.8 Å². The second kappa shape index (κ2) is 27.8. The molecule has 0 spiro atoms. The highest BCUT2D eigenvalue weighted by molar-refractivity contribution is 7.92. The first-order valence-corrected chi connectivity index (χ1v) is 9.54. The smallest absolute Gasteiger partial charge is 0.254 e. The second-order valence-corrected chi connectivity index (χ2v) is 4.04. The molecule has 0 amide bonds. The van der Waals surface area contributed by atoms with Crippen LogP contribution in [0, 0.1) is 0 Å². The molecular formula is C17H35NO3S. The van der Waals surface area contributed by atoms with Crippen molar-refractivity contribution in [3.63, 3.8) is 0 Å². The summed E-state index contributed by atoms with van der Waals surface area (Å²) in [4.78, 5) is 0. The molecule has 0 aliphatic carbocycles. The number of allylic oxidation sites excluding steroid dienone is 4. The SMILES string of the molecule is C1=CCOC=C1.CC.CC.CC.CC.O=S1(=O)C=CC=CN1. The Kier molecular flexibility index (Phi) is 36.2. The predicted octanol–water partition coefficient (Wildman–Crippen LogP) is 5.14. The first-order valence-electron chi connectivity index (χ1n) is 7.99. The van der Waals surface area contributed by atoms with Gasteiger partial charge in [0.05, 0.1) is 11.7 Å². The van der Waals surface area contributed by atoms with Crippen LogP contribution in [-0.4, -0.2) is 15.0 Å². The minimum Gasteiger partial charge on any atom is -0.497 e. The average molecular weight is 334 g/mol. The maximum Gasteiger partial charge on any atom is 0.254 e. The Balaban J connectivity index is -0.000000103. The van der Waals surface area contributed by atoms with Gasteiger partial charge in [-0.1, -0.05) is 61.5 Å². The molecule has 2 aliphatic heterocycles. The van der Waals surface area contributed by atoms with Crippen molar-refractivity contribution >= 4 is 10.0 Å². The molecule has 0 saturated carbocycles. The van der Waals surface area contributed by atoms with E-state index in [1.54, 1.807) is 12.3 Å². The van der Waals surface area contributed by atoms with Crippen LogP contribution in [0.1, 0.15) is 55.4 Å². The van der Waals surface area contributed by atoms with Gasteiger partial charge in [-0.25, -0.2) is 8.42 Å². The van der Waals surface area contributed by atoms with Crippen molar-refractivity contribution < 1.29 is 13.2 Å². The number of rotatable bonds is 0. The Labute approximate surface area is 138 Å². The molecule has 0 aromatic heterocycles. The lowest BCUT2D eigenvalue weighted by Crippen LogP contribution is -2.15. The van der Waals surface area contributed by atoms with Crippen molar-refractivity contribution in [2.45, 2.75) is 55.4 Å². The second-order valence-electron chi connectivity index (χ2n) is 2.44. The summed E-state index contributed by atoms with van der Waals surface area (Å²) in [6.07, 6.45) is 11.9. The van der Waals surface area contributed by atoms with Crippen LogP contribution >= 0.6 is 0 Å². The van der Waals surface area contributed by atoms with Crippen LogP contribution in [0.15, 0.2) is 48.3 Å². The molecule has 2 rings (SSSR count). The molecule has 0 aromatic rings. The van der Waals surface area contributed by atoms with Crippen LogP contribution < -0.4 is 4.72 Å². The fraction of sp³-hybridized carbons (Fsp3) is 0.529. The Hall–Kier alpha value is -1.49. The van der Waals surface area contributed by atoms with Gasteiger partial charge in [0.1, 0.15) is 6.61 Å². The van der Waals surface area contributed by atoms with Crippen LogP contribution in [0.25, 0.3) is 0 Å². The number of sulfonamides is 1. The predicted molar refractivity (Wildman–Crippen MR) is 100.0 cm³/mol. The van der Waals surface area contributed by atoms with Gasteiger partial charge in [-0.05, 0) is 24.3 Å². The van der Waals surface area contributed by atoms with E-state index in [0.717, 1.165) is 12.0 Å². The molecule has 4 nitrogen and oxygen atoms in total. The Morgan fingerprint density at radius 1 is 0.818 bits per heavy atom. The van der Waals surface area contributed by atoms with Crippen molar-refractivity contribution in [2.24, 2.45) is 0 Å². The van der Waals surface area contributed by atoms with E-state index in [0.29, 0.717) is 0 Å². The summed E-state index contributed by atoms with van der Waals surface area (Å²) >= 11 is 0. The topological polar surface area (TPSA) is 55.4 Å². The van der Waals surface area contributed by atoms with E-state index in [9.17, 15) is 8.42 Å². The number of ether oxygens (including phenoxy) is 1. The number of hydrogen-bond donors (Lipinski definition) is 1. The Morgan fingerprint density at radius 3 is 1.50 bits per heavy atom. The summed E-state index contributed by atoms with van der Waals surface area (Å²) in [5.74, 6) is 0. The van der Waals surface area contributed by atoms with Gasteiger partial charge >= 0.3 is 0 Å². The summed E-state index contributed by atoms with van der Waals surface area (Å²) in [5.41, 5.74) is 0. The molecule has 0 radical (unpaired) electrons. The van der Waals surface area contributed by atoms with Gasteiger partial charge < -0.3 is 4.74 Å². The van der Waals surface area contributed by atoms with Crippen LogP contribution in [0.5, 0.6) is 0 Å². The van der Waals surface area contributed by atoms with Gasteiger partial charge in [0.2, 0.25) is 0 Å². The number of hydrogen-bond acceptors (Lipinski definition) is 3. The van der Waals surface area contributed by atoms with Gasteiger partial charge in [0, 0.05) is 6.20 Å². The molecule has 0 saturated heterocycles. The lowest BCUT2D eigenvalue weighted by molar-refractivity contribution is 0.286. The molecule has 5 heteroatoms. The maximum atomic E-state index is 10.4. The van der Waals surface area contributed by atoms with Crippen molar-refractivity contribution in [3.05, 3.63) is 48.3 Å². The Bertz CT molecular complexity index is 369. The summed E-state index contributed by atoms with van der Waals surface area (Å²) in [6.45, 7) is 16.7. The van der Waals surface area contributed by atoms with Crippen molar-refractivity contribution in [3.8, 4) is 0 Å². The molecule has 0 aromatic carbocycles. The highest BCUT2D eigenvalue weighted by Crippen LogP contribution is 1.92. The van der Waals surface area contributed by atoms with E-state index in [-0.39, 0.29) is 0 Å². The normalized spacial score (nSPS) is 14.0. The van der Waals surface area contributed by atoms with Crippen molar-refractivity contribution in [1.29, 1.82) is 0 Å². The van der Waals surface area contributed by atoms with E-state index < -0.39 is 10.0 Å². The van der Waals surface area contributed by atoms with Crippen LogP contribution in [0.2, 0.25) is 0 Å². The minimum absolute atomic E-state index is 0.733. The standard InChI is InChI=1S/C5H6O.C4H5NO2S.4C2H6/c1-2-4-6-5-3-1;6-8(7)4-2-1-3-5-8;4*1-2/h1-4H,5H2;1-5H;4*1-2H3. The molecular weight excluding hydrogens is 298 g/mol. The fourth-order valence-corrected chi connectivity index (χ4v) is 1.37. The highest BCUT2D eigenvalue weighted by Gasteiger charge is 2.00. The average Bonchev–Trinajstić information content (AvgIpc) is 2.64.